The van der Waals surface area contributed by atoms with Crippen LogP contribution in [0.1, 0.15) is 17.0 Å². The van der Waals surface area contributed by atoms with Crippen LogP contribution >= 0.6 is 23.2 Å². The van der Waals surface area contributed by atoms with Gasteiger partial charge in [-0.25, -0.2) is 4.39 Å². The predicted molar refractivity (Wildman–Crippen MR) is 61.3 cm³/mol. The molecule has 1 amide bonds. The molecule has 8 heteroatoms. The lowest BCUT2D eigenvalue weighted by Gasteiger charge is -2.10. The maximum Gasteiger partial charge on any atom is 0.419 e. The summed E-state index contributed by atoms with van der Waals surface area (Å²) in [4.78, 5) is 11.1. The zero-order valence-electron chi connectivity index (χ0n) is 9.14. The predicted octanol–water partition coefficient (Wildman–Crippen LogP) is 3.22. The van der Waals surface area contributed by atoms with Gasteiger partial charge in [0.25, 0.3) is 0 Å². The summed E-state index contributed by atoms with van der Waals surface area (Å²) >= 11 is 11.6. The van der Waals surface area contributed by atoms with Gasteiger partial charge in [0.2, 0.25) is 5.91 Å². The van der Waals surface area contributed by atoms with E-state index in [0.29, 0.717) is 12.1 Å². The minimum atomic E-state index is -4.83. The molecule has 2 atom stereocenters. The van der Waals surface area contributed by atoms with Crippen LogP contribution in [0, 0.1) is 11.7 Å². The Morgan fingerprint density at radius 1 is 1.32 bits per heavy atom. The molecular weight excluding hydrogens is 309 g/mol. The lowest BCUT2D eigenvalue weighted by Crippen LogP contribution is -2.16. The number of nitrogens with two attached hydrogens (primary N) is 1. The van der Waals surface area contributed by atoms with Crippen LogP contribution in [0.2, 0.25) is 0 Å². The van der Waals surface area contributed by atoms with Gasteiger partial charge in [0.05, 0.1) is 11.5 Å². The first-order chi connectivity index (χ1) is 8.56. The molecule has 0 saturated heterocycles. The third-order valence-corrected chi connectivity index (χ3v) is 3.96. The molecule has 0 aromatic heterocycles. The van der Waals surface area contributed by atoms with Crippen molar-refractivity contribution in [2.24, 2.45) is 11.7 Å². The lowest BCUT2D eigenvalue weighted by molar-refractivity contribution is -0.140. The number of alkyl halides is 5. The molecule has 1 aliphatic rings. The van der Waals surface area contributed by atoms with Gasteiger partial charge in [-0.3, -0.25) is 4.79 Å². The van der Waals surface area contributed by atoms with E-state index in [1.807, 2.05) is 0 Å². The summed E-state index contributed by atoms with van der Waals surface area (Å²) in [6.45, 7) is 0. The number of benzene rings is 1. The van der Waals surface area contributed by atoms with Crippen molar-refractivity contribution in [3.05, 3.63) is 35.1 Å². The molecule has 19 heavy (non-hydrogen) atoms. The van der Waals surface area contributed by atoms with Gasteiger partial charge < -0.3 is 5.73 Å². The Balaban J connectivity index is 2.42. The molecule has 104 valence electrons. The van der Waals surface area contributed by atoms with Crippen LogP contribution in [-0.4, -0.2) is 10.2 Å². The highest BCUT2D eigenvalue weighted by Gasteiger charge is 2.67. The van der Waals surface area contributed by atoms with Crippen LogP contribution in [0.15, 0.2) is 18.2 Å². The molecule has 1 aromatic carbocycles. The lowest BCUT2D eigenvalue weighted by atomic mass is 10.0. The van der Waals surface area contributed by atoms with Gasteiger partial charge in [-0.1, -0.05) is 6.07 Å². The van der Waals surface area contributed by atoms with Crippen molar-refractivity contribution in [3.63, 3.8) is 0 Å². The molecule has 1 aromatic rings. The fraction of sp³-hybridized carbons (Fsp3) is 0.364. The molecule has 0 aliphatic heterocycles. The molecule has 0 spiro atoms. The number of amides is 1. The summed E-state index contributed by atoms with van der Waals surface area (Å²) in [5.74, 6) is -4.06. The maximum atomic E-state index is 13.1. The van der Waals surface area contributed by atoms with Crippen molar-refractivity contribution in [2.75, 3.05) is 0 Å². The molecule has 1 saturated carbocycles. The van der Waals surface area contributed by atoms with Gasteiger partial charge in [0, 0.05) is 5.92 Å². The van der Waals surface area contributed by atoms with E-state index < -0.39 is 39.6 Å². The largest absolute Gasteiger partial charge is 0.419 e. The second-order valence-corrected chi connectivity index (χ2v) is 5.71. The maximum absolute atomic E-state index is 13.1. The third kappa shape index (κ3) is 2.39. The fourth-order valence-corrected chi connectivity index (χ4v) is 2.89. The summed E-state index contributed by atoms with van der Waals surface area (Å²) < 4.78 is 49.3. The van der Waals surface area contributed by atoms with Gasteiger partial charge in [-0.2, -0.15) is 13.2 Å². The van der Waals surface area contributed by atoms with E-state index in [9.17, 15) is 22.4 Å². The van der Waals surface area contributed by atoms with Gasteiger partial charge in [-0.05, 0) is 17.7 Å². The van der Waals surface area contributed by atoms with Crippen molar-refractivity contribution in [3.8, 4) is 0 Å². The summed E-state index contributed by atoms with van der Waals surface area (Å²) in [5.41, 5.74) is 3.65. The monoisotopic (exact) mass is 315 g/mol. The van der Waals surface area contributed by atoms with Crippen LogP contribution in [0.4, 0.5) is 17.6 Å². The van der Waals surface area contributed by atoms with Gasteiger partial charge in [0.15, 0.2) is 0 Å². The summed E-state index contributed by atoms with van der Waals surface area (Å²) in [7, 11) is 0. The number of hydrogen-bond donors (Lipinski definition) is 1. The molecule has 1 aliphatic carbocycles. The first kappa shape index (κ1) is 14.4. The molecule has 1 fully saturated rings. The first-order valence-corrected chi connectivity index (χ1v) is 5.86. The highest BCUT2D eigenvalue weighted by atomic mass is 35.5. The molecule has 0 radical (unpaired) electrons. The summed E-state index contributed by atoms with van der Waals surface area (Å²) in [6.07, 6.45) is -4.83. The van der Waals surface area contributed by atoms with Crippen LogP contribution in [0.5, 0.6) is 0 Å². The number of primary amides is 1. The quantitative estimate of drug-likeness (QED) is 0.661. The van der Waals surface area contributed by atoms with Gasteiger partial charge in [-0.15, -0.1) is 23.2 Å². The minimum absolute atomic E-state index is 0.0301. The van der Waals surface area contributed by atoms with Crippen LogP contribution in [0.25, 0.3) is 0 Å². The van der Waals surface area contributed by atoms with E-state index in [-0.39, 0.29) is 5.56 Å². The van der Waals surface area contributed by atoms with Crippen molar-refractivity contribution in [1.82, 2.24) is 0 Å². The van der Waals surface area contributed by atoms with Crippen molar-refractivity contribution in [2.45, 2.75) is 16.4 Å². The van der Waals surface area contributed by atoms with E-state index >= 15 is 0 Å². The van der Waals surface area contributed by atoms with E-state index in [0.717, 1.165) is 6.07 Å². The smallest absolute Gasteiger partial charge is 0.369 e. The van der Waals surface area contributed by atoms with E-state index in [4.69, 9.17) is 28.9 Å². The highest BCUT2D eigenvalue weighted by molar-refractivity contribution is 6.53. The molecule has 0 bridgehead atoms. The SMILES string of the molecule is NC(=O)[C@H]1[C@H](c2ccc(F)c(C(F)(F)F)c2)C1(Cl)Cl. The number of carbonyl (C=O) groups is 1. The third-order valence-electron chi connectivity index (χ3n) is 3.01. The Bertz CT molecular complexity index is 544. The Hall–Kier alpha value is -1.01. The van der Waals surface area contributed by atoms with Gasteiger partial charge >= 0.3 is 6.18 Å². The molecule has 2 nitrogen and oxygen atoms in total. The van der Waals surface area contributed by atoms with E-state index in [2.05, 4.69) is 0 Å². The minimum Gasteiger partial charge on any atom is -0.369 e. The summed E-state index contributed by atoms with van der Waals surface area (Å²) in [5, 5.41) is 0. The summed E-state index contributed by atoms with van der Waals surface area (Å²) in [6, 6.07) is 2.37. The van der Waals surface area contributed by atoms with Crippen molar-refractivity contribution < 1.29 is 22.4 Å². The second kappa shape index (κ2) is 4.24. The Morgan fingerprint density at radius 2 is 1.89 bits per heavy atom. The van der Waals surface area contributed by atoms with Crippen molar-refractivity contribution >= 4 is 29.1 Å². The number of carbonyl (C=O) groups excluding carboxylic acids is 1. The zero-order chi connectivity index (χ0) is 14.6. The number of halogens is 6. The second-order valence-electron chi connectivity index (χ2n) is 4.27. The number of rotatable bonds is 2. The standard InChI is InChI=1S/C11H7Cl2F4NO/c12-10(13)7(8(10)9(18)19)4-1-2-6(14)5(3-4)11(15,16)17/h1-3,7-8H,(H2,18,19)/t7-,8+/m0/s1. The Morgan fingerprint density at radius 3 is 2.32 bits per heavy atom. The molecular formula is C11H7Cl2F4NO. The average Bonchev–Trinajstić information content (AvgIpc) is 2.80. The zero-order valence-corrected chi connectivity index (χ0v) is 10.7. The molecule has 0 unspecified atom stereocenters. The Labute approximate surface area is 115 Å². The fourth-order valence-electron chi connectivity index (χ4n) is 2.05. The molecule has 0 heterocycles. The van der Waals surface area contributed by atoms with Crippen molar-refractivity contribution in [1.29, 1.82) is 0 Å². The normalized spacial score (nSPS) is 25.2. The molecule has 2 rings (SSSR count). The van der Waals surface area contributed by atoms with E-state index in [1.54, 1.807) is 0 Å². The highest BCUT2D eigenvalue weighted by Crippen LogP contribution is 2.64. The topological polar surface area (TPSA) is 43.1 Å². The average molecular weight is 316 g/mol. The first-order valence-electron chi connectivity index (χ1n) is 5.10. The van der Waals surface area contributed by atoms with E-state index in [1.165, 1.54) is 0 Å². The molecule has 2 N–H and O–H groups in total. The van der Waals surface area contributed by atoms with Crippen LogP contribution in [0.3, 0.4) is 0 Å². The van der Waals surface area contributed by atoms with Gasteiger partial charge in [0.1, 0.15) is 10.2 Å². The van der Waals surface area contributed by atoms with Crippen LogP contribution in [-0.2, 0) is 11.0 Å². The number of hydrogen-bond acceptors (Lipinski definition) is 1. The van der Waals surface area contributed by atoms with Crippen LogP contribution < -0.4 is 5.73 Å². The Kier molecular flexibility index (Phi) is 3.22.